The van der Waals surface area contributed by atoms with Gasteiger partial charge in [0.1, 0.15) is 0 Å². The van der Waals surface area contributed by atoms with E-state index in [2.05, 4.69) is 5.32 Å². The second-order valence-corrected chi connectivity index (χ2v) is 6.28. The van der Waals surface area contributed by atoms with Gasteiger partial charge in [-0.05, 0) is 32.2 Å². The number of hydrogen-bond donors (Lipinski definition) is 3. The molecule has 2 atom stereocenters. The van der Waals surface area contributed by atoms with Gasteiger partial charge < -0.3 is 15.5 Å². The number of hydrogen-bond acceptors (Lipinski definition) is 4. The van der Waals surface area contributed by atoms with E-state index in [1.807, 2.05) is 31.4 Å². The summed E-state index contributed by atoms with van der Waals surface area (Å²) in [5.74, 6) is -0.723. The molecule has 1 saturated heterocycles. The van der Waals surface area contributed by atoms with Crippen LogP contribution in [0.5, 0.6) is 0 Å². The molecule has 1 aromatic heterocycles. The standard InChI is InChI=1S/C14H17FN2O2S.CH2O3/c1-8(2)9(3)17-13(15)12(14(17)19)16-11(18)7-10-5-4-6-20-10;2-1(3)4/h4-6,12-13H,7H2,1-3H3,(H,16,18);(H2,2,3,4). The van der Waals surface area contributed by atoms with E-state index in [4.69, 9.17) is 15.0 Å². The number of halogens is 1. The lowest BCUT2D eigenvalue weighted by atomic mass is 10.0. The van der Waals surface area contributed by atoms with E-state index >= 15 is 0 Å². The number of amides is 2. The molecule has 1 aliphatic heterocycles. The average molecular weight is 358 g/mol. The first-order valence-corrected chi connectivity index (χ1v) is 7.88. The van der Waals surface area contributed by atoms with Crippen molar-refractivity contribution in [2.75, 3.05) is 0 Å². The van der Waals surface area contributed by atoms with E-state index in [9.17, 15) is 14.0 Å². The molecule has 132 valence electrons. The number of nitrogens with one attached hydrogen (secondary N) is 1. The number of thiophene rings is 1. The fourth-order valence-electron chi connectivity index (χ4n) is 1.97. The molecule has 0 aromatic carbocycles. The van der Waals surface area contributed by atoms with E-state index in [-0.39, 0.29) is 12.3 Å². The maximum Gasteiger partial charge on any atom is 0.503 e. The Morgan fingerprint density at radius 1 is 1.33 bits per heavy atom. The summed E-state index contributed by atoms with van der Waals surface area (Å²) < 4.78 is 14.0. The molecule has 0 saturated carbocycles. The SMILES string of the molecule is CC(C)=C(C)N1C(=O)C(NC(=O)Cc2cccs2)C1F.O=C(O)O. The minimum absolute atomic E-state index is 0.176. The minimum Gasteiger partial charge on any atom is -0.450 e. The minimum atomic E-state index is -1.83. The summed E-state index contributed by atoms with van der Waals surface area (Å²) in [6.07, 6.45) is -3.14. The fourth-order valence-corrected chi connectivity index (χ4v) is 2.68. The number of carbonyl (C=O) groups is 3. The lowest BCUT2D eigenvalue weighted by molar-refractivity contribution is -0.159. The molecule has 7 nitrogen and oxygen atoms in total. The monoisotopic (exact) mass is 358 g/mol. The zero-order valence-corrected chi connectivity index (χ0v) is 14.3. The third-order valence-corrected chi connectivity index (χ3v) is 4.22. The molecule has 0 aliphatic carbocycles. The molecule has 0 spiro atoms. The number of carboxylic acid groups (broad SMARTS) is 2. The van der Waals surface area contributed by atoms with Crippen molar-refractivity contribution in [2.24, 2.45) is 0 Å². The van der Waals surface area contributed by atoms with Gasteiger partial charge in [0.2, 0.25) is 12.2 Å². The van der Waals surface area contributed by atoms with Crippen LogP contribution >= 0.6 is 11.3 Å². The fraction of sp³-hybridized carbons (Fsp3) is 0.400. The maximum absolute atomic E-state index is 14.0. The Labute approximate surface area is 142 Å². The van der Waals surface area contributed by atoms with Crippen LogP contribution in [0.15, 0.2) is 28.8 Å². The first-order valence-electron chi connectivity index (χ1n) is 7.00. The molecular formula is C15H19FN2O5S. The van der Waals surface area contributed by atoms with Crippen LogP contribution in [0.1, 0.15) is 25.6 Å². The number of nitrogens with zero attached hydrogens (tertiary/aromatic N) is 1. The van der Waals surface area contributed by atoms with Gasteiger partial charge >= 0.3 is 6.16 Å². The van der Waals surface area contributed by atoms with Gasteiger partial charge in [0.15, 0.2) is 6.04 Å². The molecule has 0 radical (unpaired) electrons. The lowest BCUT2D eigenvalue weighted by Crippen LogP contribution is -2.68. The van der Waals surface area contributed by atoms with E-state index < -0.39 is 24.4 Å². The third kappa shape index (κ3) is 5.05. The summed E-state index contributed by atoms with van der Waals surface area (Å²) in [5, 5.41) is 18.3. The summed E-state index contributed by atoms with van der Waals surface area (Å²) >= 11 is 1.46. The normalized spacial score (nSPS) is 18.8. The van der Waals surface area contributed by atoms with Gasteiger partial charge in [0, 0.05) is 10.6 Å². The topological polar surface area (TPSA) is 107 Å². The molecule has 9 heteroatoms. The number of likely N-dealkylation sites (tertiary alicyclic amines) is 1. The van der Waals surface area contributed by atoms with Crippen LogP contribution in [0, 0.1) is 0 Å². The zero-order valence-electron chi connectivity index (χ0n) is 13.4. The van der Waals surface area contributed by atoms with Crippen molar-refractivity contribution in [2.45, 2.75) is 39.5 Å². The summed E-state index contributed by atoms with van der Waals surface area (Å²) in [7, 11) is 0. The maximum atomic E-state index is 14.0. The van der Waals surface area contributed by atoms with Crippen LogP contribution in [0.25, 0.3) is 0 Å². The summed E-state index contributed by atoms with van der Waals surface area (Å²) in [5.41, 5.74) is 1.48. The van der Waals surface area contributed by atoms with Crippen molar-refractivity contribution in [3.8, 4) is 0 Å². The van der Waals surface area contributed by atoms with Crippen molar-refractivity contribution in [1.82, 2.24) is 10.2 Å². The van der Waals surface area contributed by atoms with Crippen molar-refractivity contribution in [1.29, 1.82) is 0 Å². The highest BCUT2D eigenvalue weighted by Gasteiger charge is 2.49. The number of allylic oxidation sites excluding steroid dienone is 2. The number of carbonyl (C=O) groups excluding carboxylic acids is 2. The van der Waals surface area contributed by atoms with Crippen molar-refractivity contribution >= 4 is 29.3 Å². The van der Waals surface area contributed by atoms with Crippen molar-refractivity contribution < 1.29 is 29.0 Å². The predicted octanol–water partition coefficient (Wildman–Crippen LogP) is 2.45. The summed E-state index contributed by atoms with van der Waals surface area (Å²) in [6, 6.07) is 2.62. The number of β-lactam (4-membered cyclic amide) rings is 1. The van der Waals surface area contributed by atoms with Gasteiger partial charge in [-0.15, -0.1) is 11.3 Å². The van der Waals surface area contributed by atoms with Gasteiger partial charge in [0.25, 0.3) is 5.91 Å². The molecule has 1 aromatic rings. The largest absolute Gasteiger partial charge is 0.503 e. The molecule has 2 heterocycles. The Balaban J connectivity index is 0.000000648. The van der Waals surface area contributed by atoms with Crippen LogP contribution in [-0.2, 0) is 16.0 Å². The molecule has 24 heavy (non-hydrogen) atoms. The first-order chi connectivity index (χ1) is 11.1. The Bertz CT molecular complexity index is 636. The molecule has 0 bridgehead atoms. The summed E-state index contributed by atoms with van der Waals surface area (Å²) in [6.45, 7) is 5.33. The molecule has 3 N–H and O–H groups in total. The molecule has 1 fully saturated rings. The quantitative estimate of drug-likeness (QED) is 0.566. The van der Waals surface area contributed by atoms with E-state index in [0.717, 1.165) is 15.4 Å². The first kappa shape index (κ1) is 19.6. The van der Waals surface area contributed by atoms with Gasteiger partial charge in [-0.2, -0.15) is 0 Å². The zero-order chi connectivity index (χ0) is 18.4. The molecular weight excluding hydrogens is 339 g/mol. The van der Waals surface area contributed by atoms with Crippen molar-refractivity contribution in [3.05, 3.63) is 33.7 Å². The van der Waals surface area contributed by atoms with E-state index in [0.29, 0.717) is 5.70 Å². The molecule has 2 rings (SSSR count). The van der Waals surface area contributed by atoms with Gasteiger partial charge in [-0.3, -0.25) is 14.5 Å². The summed E-state index contributed by atoms with van der Waals surface area (Å²) in [4.78, 5) is 34.2. The second-order valence-electron chi connectivity index (χ2n) is 5.25. The molecule has 1 aliphatic rings. The van der Waals surface area contributed by atoms with Crippen LogP contribution in [-0.4, -0.2) is 45.4 Å². The Morgan fingerprint density at radius 3 is 2.33 bits per heavy atom. The molecule has 2 unspecified atom stereocenters. The Morgan fingerprint density at radius 2 is 1.92 bits per heavy atom. The van der Waals surface area contributed by atoms with Gasteiger partial charge in [-0.1, -0.05) is 11.6 Å². The third-order valence-electron chi connectivity index (χ3n) is 3.34. The Kier molecular flexibility index (Phi) is 6.90. The van der Waals surface area contributed by atoms with Crippen LogP contribution < -0.4 is 5.32 Å². The highest BCUT2D eigenvalue weighted by molar-refractivity contribution is 7.10. The highest BCUT2D eigenvalue weighted by Crippen LogP contribution is 2.27. The Hall–Kier alpha value is -2.42. The smallest absolute Gasteiger partial charge is 0.450 e. The number of rotatable bonds is 4. The van der Waals surface area contributed by atoms with Crippen LogP contribution in [0.3, 0.4) is 0 Å². The van der Waals surface area contributed by atoms with Crippen LogP contribution in [0.4, 0.5) is 9.18 Å². The highest BCUT2D eigenvalue weighted by atomic mass is 32.1. The second kappa shape index (κ2) is 8.44. The van der Waals surface area contributed by atoms with Gasteiger partial charge in [-0.25, -0.2) is 9.18 Å². The van der Waals surface area contributed by atoms with Crippen molar-refractivity contribution in [3.63, 3.8) is 0 Å². The predicted molar refractivity (Wildman–Crippen MR) is 86.4 cm³/mol. The van der Waals surface area contributed by atoms with Gasteiger partial charge in [0.05, 0.1) is 6.42 Å². The van der Waals surface area contributed by atoms with Crippen LogP contribution in [0.2, 0.25) is 0 Å². The molecule has 2 amide bonds. The lowest BCUT2D eigenvalue weighted by Gasteiger charge is -2.43. The van der Waals surface area contributed by atoms with E-state index in [1.54, 1.807) is 6.92 Å². The van der Waals surface area contributed by atoms with E-state index in [1.165, 1.54) is 11.3 Å². The number of alkyl halides is 1. The average Bonchev–Trinajstić information content (AvgIpc) is 2.97.